The Hall–Kier alpha value is -1.63. The maximum atomic E-state index is 12.6. The van der Waals surface area contributed by atoms with Crippen molar-refractivity contribution in [2.75, 3.05) is 13.7 Å². The summed E-state index contributed by atoms with van der Waals surface area (Å²) in [6, 6.07) is 4.85. The van der Waals surface area contributed by atoms with Crippen LogP contribution in [0.3, 0.4) is 0 Å². The molecule has 130 valence electrons. The normalized spacial score (nSPS) is 12.5. The molecule has 1 amide bonds. The van der Waals surface area contributed by atoms with Gasteiger partial charge in [-0.1, -0.05) is 11.6 Å². The number of hydrogen-bond acceptors (Lipinski definition) is 4. The maximum Gasteiger partial charge on any atom is 0.282 e. The molecule has 0 spiro atoms. The number of aromatic nitrogens is 1. The van der Waals surface area contributed by atoms with Gasteiger partial charge in [-0.15, -0.1) is 0 Å². The molecule has 1 N–H and O–H groups in total. The lowest BCUT2D eigenvalue weighted by atomic mass is 10.1. The van der Waals surface area contributed by atoms with E-state index >= 15 is 0 Å². The van der Waals surface area contributed by atoms with Crippen LogP contribution in [0.2, 0.25) is 5.02 Å². The first-order valence-electron chi connectivity index (χ1n) is 7.52. The topological polar surface area (TPSA) is 63.8 Å². The van der Waals surface area contributed by atoms with E-state index in [0.29, 0.717) is 27.4 Å². The lowest BCUT2D eigenvalue weighted by Crippen LogP contribution is -2.18. The van der Waals surface area contributed by atoms with Gasteiger partial charge >= 0.3 is 0 Å². The molecule has 0 aliphatic rings. The van der Waals surface area contributed by atoms with Crippen molar-refractivity contribution in [3.63, 3.8) is 0 Å². The summed E-state index contributed by atoms with van der Waals surface area (Å²) in [5.41, 5.74) is 1.03. The molecule has 0 atom stereocenters. The molecule has 5 nitrogen and oxygen atoms in total. The Balaban J connectivity index is 2.52. The Morgan fingerprint density at radius 1 is 1.42 bits per heavy atom. The number of ether oxygens (including phenoxy) is 1. The molecule has 7 heteroatoms. The largest absolute Gasteiger partial charge is 0.496 e. The van der Waals surface area contributed by atoms with Crippen LogP contribution in [0, 0.1) is 0 Å². The minimum absolute atomic E-state index is 0.00191. The van der Waals surface area contributed by atoms with Gasteiger partial charge in [0.05, 0.1) is 12.7 Å². The summed E-state index contributed by atoms with van der Waals surface area (Å²) in [5.74, 6) is 0.00793. The van der Waals surface area contributed by atoms with Gasteiger partial charge in [-0.2, -0.15) is 4.99 Å². The summed E-state index contributed by atoms with van der Waals surface area (Å²) in [7, 11) is 1.50. The second-order valence-electron chi connectivity index (χ2n) is 6.28. The second-order valence-corrected chi connectivity index (χ2v) is 7.68. The molecule has 0 saturated carbocycles. The minimum atomic E-state index is -0.420. The van der Waals surface area contributed by atoms with Gasteiger partial charge in [0.1, 0.15) is 10.4 Å². The molecule has 0 bridgehead atoms. The third-order valence-electron chi connectivity index (χ3n) is 3.37. The van der Waals surface area contributed by atoms with E-state index < -0.39 is 5.91 Å². The van der Waals surface area contributed by atoms with Crippen LogP contribution in [-0.4, -0.2) is 28.7 Å². The summed E-state index contributed by atoms with van der Waals surface area (Å²) in [5, 5.41) is 9.70. The van der Waals surface area contributed by atoms with Gasteiger partial charge in [0.2, 0.25) is 0 Å². The Kier molecular flexibility index (Phi) is 5.85. The highest BCUT2D eigenvalue weighted by molar-refractivity contribution is 7.04. The summed E-state index contributed by atoms with van der Waals surface area (Å²) in [6.45, 7) is 6.20. The van der Waals surface area contributed by atoms with Crippen molar-refractivity contribution >= 4 is 29.0 Å². The third-order valence-corrected chi connectivity index (χ3v) is 4.98. The Bertz CT molecular complexity index is 803. The van der Waals surface area contributed by atoms with Crippen molar-refractivity contribution in [3.8, 4) is 5.75 Å². The highest BCUT2D eigenvalue weighted by atomic mass is 35.5. The van der Waals surface area contributed by atoms with Crippen LogP contribution in [0.1, 0.15) is 36.7 Å². The number of hydrogen-bond donors (Lipinski definition) is 1. The zero-order valence-corrected chi connectivity index (χ0v) is 15.7. The van der Waals surface area contributed by atoms with Crippen LogP contribution in [0.5, 0.6) is 5.75 Å². The van der Waals surface area contributed by atoms with Gasteiger partial charge in [-0.25, -0.2) is 0 Å². The Labute approximate surface area is 150 Å². The monoisotopic (exact) mass is 368 g/mol. The smallest absolute Gasteiger partial charge is 0.282 e. The number of aliphatic hydroxyl groups excluding tert-OH is 1. The number of rotatable bonds is 4. The molecule has 1 aromatic carbocycles. The van der Waals surface area contributed by atoms with Gasteiger partial charge in [0, 0.05) is 28.9 Å². The fourth-order valence-corrected chi connectivity index (χ4v) is 3.30. The van der Waals surface area contributed by atoms with Crippen molar-refractivity contribution < 1.29 is 14.6 Å². The highest BCUT2D eigenvalue weighted by Crippen LogP contribution is 2.23. The van der Waals surface area contributed by atoms with E-state index in [0.717, 1.165) is 5.56 Å². The third kappa shape index (κ3) is 4.26. The lowest BCUT2D eigenvalue weighted by Gasteiger charge is -2.19. The maximum absolute atomic E-state index is 12.6. The zero-order chi connectivity index (χ0) is 17.9. The molecule has 0 unspecified atom stereocenters. The number of benzene rings is 1. The Morgan fingerprint density at radius 3 is 2.71 bits per heavy atom. The number of aliphatic hydroxyl groups is 1. The van der Waals surface area contributed by atoms with Crippen LogP contribution < -0.4 is 9.41 Å². The van der Waals surface area contributed by atoms with E-state index in [4.69, 9.17) is 16.3 Å². The summed E-state index contributed by atoms with van der Waals surface area (Å²) in [6.07, 6.45) is 2.38. The number of amides is 1. The predicted molar refractivity (Wildman–Crippen MR) is 96.0 cm³/mol. The number of nitrogens with zero attached hydrogens (tertiary/aromatic N) is 2. The molecule has 0 aliphatic carbocycles. The molecule has 0 radical (unpaired) electrons. The van der Waals surface area contributed by atoms with E-state index in [2.05, 4.69) is 25.8 Å². The average Bonchev–Trinajstić information content (AvgIpc) is 2.90. The van der Waals surface area contributed by atoms with E-state index in [9.17, 15) is 9.90 Å². The predicted octanol–water partition coefficient (Wildman–Crippen LogP) is 3.24. The SMILES string of the molecule is COc1ccc(Cl)cc1C(=O)N=c1sn(C(C)(C)C)cc1CCO. The molecule has 2 rings (SSSR count). The van der Waals surface area contributed by atoms with Crippen LogP contribution in [0.4, 0.5) is 0 Å². The standard InChI is InChI=1S/C17H21ClN2O3S/c1-17(2,3)20-10-11(7-8-21)16(24-20)19-15(22)13-9-12(18)5-6-14(13)23-4/h5-6,9-10,21H,7-8H2,1-4H3. The molecule has 0 fully saturated rings. The number of carbonyl (C=O) groups excluding carboxylic acids is 1. The van der Waals surface area contributed by atoms with Crippen molar-refractivity contribution in [2.45, 2.75) is 32.7 Å². The number of halogens is 1. The minimum Gasteiger partial charge on any atom is -0.496 e. The molecular weight excluding hydrogens is 348 g/mol. The van der Waals surface area contributed by atoms with Gasteiger partial charge in [0.25, 0.3) is 5.91 Å². The molecule has 1 heterocycles. The summed E-state index contributed by atoms with van der Waals surface area (Å²) >= 11 is 7.37. The highest BCUT2D eigenvalue weighted by Gasteiger charge is 2.17. The quantitative estimate of drug-likeness (QED) is 0.901. The second kappa shape index (κ2) is 7.51. The number of carbonyl (C=O) groups is 1. The van der Waals surface area contributed by atoms with Crippen molar-refractivity contribution in [1.82, 2.24) is 3.96 Å². The lowest BCUT2D eigenvalue weighted by molar-refractivity contribution is 0.0996. The van der Waals surface area contributed by atoms with Crippen LogP contribution in [0.25, 0.3) is 0 Å². The molecule has 24 heavy (non-hydrogen) atoms. The Morgan fingerprint density at radius 2 is 2.12 bits per heavy atom. The summed E-state index contributed by atoms with van der Waals surface area (Å²) < 4.78 is 7.83. The van der Waals surface area contributed by atoms with E-state index in [1.165, 1.54) is 18.6 Å². The zero-order valence-electron chi connectivity index (χ0n) is 14.2. The first-order chi connectivity index (χ1) is 11.3. The first kappa shape index (κ1) is 18.7. The first-order valence-corrected chi connectivity index (χ1v) is 8.67. The van der Waals surface area contributed by atoms with Crippen LogP contribution >= 0.6 is 23.1 Å². The van der Waals surface area contributed by atoms with Crippen molar-refractivity contribution in [3.05, 3.63) is 45.2 Å². The molecular formula is C17H21ClN2O3S. The molecule has 1 aromatic heterocycles. The van der Waals surface area contributed by atoms with Gasteiger partial charge in [-0.3, -0.25) is 8.75 Å². The number of methoxy groups -OCH3 is 1. The van der Waals surface area contributed by atoms with Gasteiger partial charge in [-0.05, 0) is 56.9 Å². The van der Waals surface area contributed by atoms with E-state index in [-0.39, 0.29) is 12.1 Å². The summed E-state index contributed by atoms with van der Waals surface area (Å²) in [4.78, 5) is 16.8. The van der Waals surface area contributed by atoms with Gasteiger partial charge in [0.15, 0.2) is 0 Å². The fraction of sp³-hybridized carbons (Fsp3) is 0.412. The van der Waals surface area contributed by atoms with Crippen molar-refractivity contribution in [1.29, 1.82) is 0 Å². The van der Waals surface area contributed by atoms with Crippen LogP contribution in [-0.2, 0) is 12.0 Å². The van der Waals surface area contributed by atoms with E-state index in [1.54, 1.807) is 18.2 Å². The molecule has 2 aromatic rings. The van der Waals surface area contributed by atoms with E-state index in [1.807, 2.05) is 10.2 Å². The van der Waals surface area contributed by atoms with Crippen LogP contribution in [0.15, 0.2) is 29.4 Å². The molecule has 0 saturated heterocycles. The fourth-order valence-electron chi connectivity index (χ4n) is 2.09. The average molecular weight is 369 g/mol. The molecule has 0 aliphatic heterocycles. The van der Waals surface area contributed by atoms with Crippen molar-refractivity contribution in [2.24, 2.45) is 4.99 Å². The van der Waals surface area contributed by atoms with Gasteiger partial charge < -0.3 is 9.84 Å².